The standard InChI is InChI=1S/C21H28N2O6/c1-28-17-4-2-3-5-18(17)29-14-20(25)23(16-6-7-16)13-10-19(24)22-11-8-15(9-12-22)21(26)27/h2-5,15-16H,6-14H2,1H3,(H,26,27). The Balaban J connectivity index is 1.48. The summed E-state index contributed by atoms with van der Waals surface area (Å²) < 4.78 is 10.9. The van der Waals surface area contributed by atoms with Gasteiger partial charge in [-0.15, -0.1) is 0 Å². The Bertz CT molecular complexity index is 740. The van der Waals surface area contributed by atoms with Crippen LogP contribution in [0.5, 0.6) is 11.5 Å². The Morgan fingerprint density at radius 3 is 2.34 bits per heavy atom. The van der Waals surface area contributed by atoms with Crippen molar-refractivity contribution in [3.8, 4) is 11.5 Å². The van der Waals surface area contributed by atoms with E-state index in [4.69, 9.17) is 14.6 Å². The van der Waals surface area contributed by atoms with Crippen LogP contribution in [0.1, 0.15) is 32.1 Å². The molecule has 0 radical (unpaired) electrons. The molecule has 2 fully saturated rings. The zero-order chi connectivity index (χ0) is 20.8. The minimum Gasteiger partial charge on any atom is -0.493 e. The van der Waals surface area contributed by atoms with E-state index in [9.17, 15) is 14.4 Å². The topological polar surface area (TPSA) is 96.4 Å². The number of ether oxygens (including phenoxy) is 2. The van der Waals surface area contributed by atoms with Gasteiger partial charge in [0.1, 0.15) is 0 Å². The van der Waals surface area contributed by atoms with Crippen LogP contribution in [0, 0.1) is 5.92 Å². The lowest BCUT2D eigenvalue weighted by atomic mass is 9.97. The van der Waals surface area contributed by atoms with Crippen LogP contribution in [0.25, 0.3) is 0 Å². The van der Waals surface area contributed by atoms with Gasteiger partial charge in [-0.05, 0) is 37.8 Å². The lowest BCUT2D eigenvalue weighted by Gasteiger charge is -2.31. The maximum Gasteiger partial charge on any atom is 0.306 e. The molecule has 1 heterocycles. The third-order valence-corrected chi connectivity index (χ3v) is 5.49. The zero-order valence-electron chi connectivity index (χ0n) is 16.7. The molecule has 2 amide bonds. The summed E-state index contributed by atoms with van der Waals surface area (Å²) in [4.78, 5) is 39.7. The van der Waals surface area contributed by atoms with Crippen molar-refractivity contribution >= 4 is 17.8 Å². The predicted octanol–water partition coefficient (Wildman–Crippen LogP) is 1.78. The van der Waals surface area contributed by atoms with Gasteiger partial charge >= 0.3 is 5.97 Å². The van der Waals surface area contributed by atoms with E-state index in [2.05, 4.69) is 0 Å². The molecule has 0 spiro atoms. The molecule has 2 aliphatic rings. The SMILES string of the molecule is COc1ccccc1OCC(=O)N(CCC(=O)N1CCC(C(=O)O)CC1)C1CC1. The zero-order valence-corrected chi connectivity index (χ0v) is 16.7. The van der Waals surface area contributed by atoms with E-state index in [0.717, 1.165) is 12.8 Å². The van der Waals surface area contributed by atoms with E-state index in [1.165, 1.54) is 0 Å². The molecule has 8 heteroatoms. The number of hydrogen-bond donors (Lipinski definition) is 1. The summed E-state index contributed by atoms with van der Waals surface area (Å²) >= 11 is 0. The van der Waals surface area contributed by atoms with Crippen molar-refractivity contribution in [2.45, 2.75) is 38.1 Å². The number of piperidine rings is 1. The first-order valence-corrected chi connectivity index (χ1v) is 10.1. The molecule has 1 N–H and O–H groups in total. The van der Waals surface area contributed by atoms with E-state index >= 15 is 0 Å². The number of likely N-dealkylation sites (tertiary alicyclic amines) is 1. The average Bonchev–Trinajstić information content (AvgIpc) is 3.57. The van der Waals surface area contributed by atoms with Gasteiger partial charge in [0.05, 0.1) is 13.0 Å². The summed E-state index contributed by atoms with van der Waals surface area (Å²) in [5.74, 6) is -0.253. The largest absolute Gasteiger partial charge is 0.493 e. The highest BCUT2D eigenvalue weighted by Crippen LogP contribution is 2.29. The first-order chi connectivity index (χ1) is 14.0. The van der Waals surface area contributed by atoms with Crippen molar-refractivity contribution in [3.05, 3.63) is 24.3 Å². The molecule has 0 unspecified atom stereocenters. The number of carboxylic acids is 1. The molecule has 1 aliphatic carbocycles. The van der Waals surface area contributed by atoms with Gasteiger partial charge < -0.3 is 24.4 Å². The Hall–Kier alpha value is -2.77. The van der Waals surface area contributed by atoms with E-state index in [-0.39, 0.29) is 36.8 Å². The fraction of sp³-hybridized carbons (Fsp3) is 0.571. The summed E-state index contributed by atoms with van der Waals surface area (Å²) in [6.07, 6.45) is 3.10. The molecule has 158 valence electrons. The van der Waals surface area contributed by atoms with Crippen LogP contribution in [-0.2, 0) is 14.4 Å². The number of carbonyl (C=O) groups excluding carboxylic acids is 2. The lowest BCUT2D eigenvalue weighted by Crippen LogP contribution is -2.43. The molecule has 0 bridgehead atoms. The van der Waals surface area contributed by atoms with Gasteiger partial charge in [0.2, 0.25) is 5.91 Å². The molecule has 3 rings (SSSR count). The van der Waals surface area contributed by atoms with Crippen LogP contribution in [-0.4, -0.2) is 72.1 Å². The van der Waals surface area contributed by atoms with Crippen LogP contribution in [0.15, 0.2) is 24.3 Å². The third-order valence-electron chi connectivity index (χ3n) is 5.49. The van der Waals surface area contributed by atoms with Gasteiger partial charge in [0, 0.05) is 32.1 Å². The number of nitrogens with zero attached hydrogens (tertiary/aromatic N) is 2. The number of hydrogen-bond acceptors (Lipinski definition) is 5. The average molecular weight is 404 g/mol. The summed E-state index contributed by atoms with van der Waals surface area (Å²) in [5.41, 5.74) is 0. The first kappa shape index (κ1) is 21.0. The number of carboxylic acid groups (broad SMARTS) is 1. The number of amides is 2. The minimum atomic E-state index is -0.794. The summed E-state index contributed by atoms with van der Waals surface area (Å²) in [6.45, 7) is 1.18. The first-order valence-electron chi connectivity index (χ1n) is 10.1. The van der Waals surface area contributed by atoms with Gasteiger partial charge in [0.15, 0.2) is 18.1 Å². The fourth-order valence-corrected chi connectivity index (χ4v) is 3.61. The summed E-state index contributed by atoms with van der Waals surface area (Å²) in [7, 11) is 1.55. The number of para-hydroxylation sites is 2. The highest BCUT2D eigenvalue weighted by molar-refractivity contribution is 5.81. The maximum absolute atomic E-state index is 12.7. The van der Waals surface area contributed by atoms with Crippen LogP contribution >= 0.6 is 0 Å². The van der Waals surface area contributed by atoms with Crippen molar-refractivity contribution in [2.24, 2.45) is 5.92 Å². The van der Waals surface area contributed by atoms with Crippen LogP contribution in [0.2, 0.25) is 0 Å². The van der Waals surface area contributed by atoms with Crippen molar-refractivity contribution in [3.63, 3.8) is 0 Å². The predicted molar refractivity (Wildman–Crippen MR) is 105 cm³/mol. The van der Waals surface area contributed by atoms with Crippen molar-refractivity contribution < 1.29 is 29.0 Å². The van der Waals surface area contributed by atoms with Crippen molar-refractivity contribution in [1.82, 2.24) is 9.80 Å². The smallest absolute Gasteiger partial charge is 0.306 e. The molecule has 0 atom stereocenters. The molecule has 1 aliphatic heterocycles. The Morgan fingerprint density at radius 1 is 1.10 bits per heavy atom. The second kappa shape index (κ2) is 9.62. The fourth-order valence-electron chi connectivity index (χ4n) is 3.61. The minimum absolute atomic E-state index is 0.0297. The number of aliphatic carboxylic acids is 1. The number of methoxy groups -OCH3 is 1. The van der Waals surface area contributed by atoms with E-state index in [1.807, 2.05) is 12.1 Å². The summed E-state index contributed by atoms with van der Waals surface area (Å²) in [6, 6.07) is 7.33. The Labute approximate surface area is 170 Å². The van der Waals surface area contributed by atoms with Crippen molar-refractivity contribution in [1.29, 1.82) is 0 Å². The van der Waals surface area contributed by atoms with Crippen LogP contribution in [0.4, 0.5) is 0 Å². The molecule has 29 heavy (non-hydrogen) atoms. The van der Waals surface area contributed by atoms with E-state index in [1.54, 1.807) is 29.0 Å². The van der Waals surface area contributed by atoms with E-state index in [0.29, 0.717) is 44.0 Å². The normalized spacial score (nSPS) is 16.9. The van der Waals surface area contributed by atoms with Crippen molar-refractivity contribution in [2.75, 3.05) is 33.4 Å². The lowest BCUT2D eigenvalue weighted by molar-refractivity contribution is -0.146. The quantitative estimate of drug-likeness (QED) is 0.674. The third kappa shape index (κ3) is 5.62. The number of benzene rings is 1. The molecule has 1 aromatic rings. The monoisotopic (exact) mass is 404 g/mol. The second-order valence-electron chi connectivity index (χ2n) is 7.50. The number of rotatable bonds is 9. The Morgan fingerprint density at radius 2 is 1.76 bits per heavy atom. The molecular formula is C21H28N2O6. The maximum atomic E-state index is 12.7. The van der Waals surface area contributed by atoms with Crippen LogP contribution in [0.3, 0.4) is 0 Å². The number of carbonyl (C=O) groups is 3. The Kier molecular flexibility index (Phi) is 6.95. The molecule has 1 aromatic carbocycles. The molecule has 0 aromatic heterocycles. The highest BCUT2D eigenvalue weighted by atomic mass is 16.5. The molecule has 1 saturated heterocycles. The van der Waals surface area contributed by atoms with E-state index < -0.39 is 5.97 Å². The van der Waals surface area contributed by atoms with Gasteiger partial charge in [-0.3, -0.25) is 14.4 Å². The highest BCUT2D eigenvalue weighted by Gasteiger charge is 2.34. The van der Waals surface area contributed by atoms with Crippen LogP contribution < -0.4 is 9.47 Å². The molecule has 8 nitrogen and oxygen atoms in total. The van der Waals surface area contributed by atoms with Gasteiger partial charge in [-0.25, -0.2) is 0 Å². The van der Waals surface area contributed by atoms with Gasteiger partial charge in [-0.2, -0.15) is 0 Å². The molecular weight excluding hydrogens is 376 g/mol. The molecule has 1 saturated carbocycles. The van der Waals surface area contributed by atoms with Gasteiger partial charge in [-0.1, -0.05) is 12.1 Å². The van der Waals surface area contributed by atoms with Gasteiger partial charge in [0.25, 0.3) is 5.91 Å². The summed E-state index contributed by atoms with van der Waals surface area (Å²) in [5, 5.41) is 9.07. The second-order valence-corrected chi connectivity index (χ2v) is 7.50.